The molecule has 1 aliphatic rings. The molecule has 0 saturated heterocycles. The van der Waals surface area contributed by atoms with Crippen LogP contribution >= 0.6 is 0 Å². The molecule has 9 heteroatoms. The van der Waals surface area contributed by atoms with Crippen LogP contribution in [-0.2, 0) is 9.53 Å². The lowest BCUT2D eigenvalue weighted by Gasteiger charge is -2.28. The van der Waals surface area contributed by atoms with Crippen LogP contribution in [0, 0.1) is 6.92 Å². The van der Waals surface area contributed by atoms with Crippen molar-refractivity contribution in [2.45, 2.75) is 13.0 Å². The average molecular weight is 405 g/mol. The Morgan fingerprint density at radius 1 is 1.03 bits per heavy atom. The van der Waals surface area contributed by atoms with Crippen molar-refractivity contribution in [1.82, 2.24) is 20.2 Å². The van der Waals surface area contributed by atoms with Gasteiger partial charge in [-0.1, -0.05) is 34.9 Å². The molecule has 4 rings (SSSR count). The minimum Gasteiger partial charge on any atom is -0.497 e. The molecule has 0 amide bonds. The number of nitrogens with zero attached hydrogens (tertiary/aromatic N) is 4. The Labute approximate surface area is 172 Å². The van der Waals surface area contributed by atoms with Gasteiger partial charge in [-0.15, -0.1) is 0 Å². The molecule has 1 aliphatic heterocycles. The zero-order valence-corrected chi connectivity index (χ0v) is 16.6. The van der Waals surface area contributed by atoms with Crippen molar-refractivity contribution in [2.75, 3.05) is 19.5 Å². The highest BCUT2D eigenvalue weighted by atomic mass is 16.5. The highest BCUT2D eigenvalue weighted by Crippen LogP contribution is 2.36. The number of hydrogen-bond acceptors (Lipinski definition) is 8. The van der Waals surface area contributed by atoms with Crippen LogP contribution < -0.4 is 10.1 Å². The summed E-state index contributed by atoms with van der Waals surface area (Å²) < 4.78 is 11.6. The Morgan fingerprint density at radius 3 is 2.37 bits per heavy atom. The average Bonchev–Trinajstić information content (AvgIpc) is 3.26. The molecular formula is C21H19N5O4. The molecular weight excluding hydrogens is 386 g/mol. The fraction of sp³-hybridized carbons (Fsp3) is 0.190. The summed E-state index contributed by atoms with van der Waals surface area (Å²) in [5.41, 5.74) is 2.41. The maximum atomic E-state index is 13.6. The van der Waals surface area contributed by atoms with Crippen LogP contribution in [0.2, 0.25) is 0 Å². The number of ketones is 1. The lowest BCUT2D eigenvalue weighted by molar-refractivity contribution is -0.136. The summed E-state index contributed by atoms with van der Waals surface area (Å²) in [6.07, 6.45) is 0. The first-order valence-electron chi connectivity index (χ1n) is 9.16. The number of aryl methyl sites for hydroxylation is 1. The first-order chi connectivity index (χ1) is 14.5. The van der Waals surface area contributed by atoms with Crippen molar-refractivity contribution < 1.29 is 19.1 Å². The molecule has 30 heavy (non-hydrogen) atoms. The van der Waals surface area contributed by atoms with E-state index in [0.717, 1.165) is 11.1 Å². The highest BCUT2D eigenvalue weighted by Gasteiger charge is 2.38. The van der Waals surface area contributed by atoms with Crippen molar-refractivity contribution in [3.05, 3.63) is 76.5 Å². The fourth-order valence-corrected chi connectivity index (χ4v) is 3.34. The van der Waals surface area contributed by atoms with E-state index in [1.165, 1.54) is 11.8 Å². The van der Waals surface area contributed by atoms with Crippen molar-refractivity contribution in [2.24, 2.45) is 0 Å². The molecule has 0 unspecified atom stereocenters. The lowest BCUT2D eigenvalue weighted by atomic mass is 9.89. The number of methoxy groups -OCH3 is 2. The number of benzene rings is 2. The minimum atomic E-state index is -0.708. The Hall–Kier alpha value is -4.01. The number of anilines is 1. The van der Waals surface area contributed by atoms with E-state index in [1.807, 2.05) is 31.2 Å². The van der Waals surface area contributed by atoms with Gasteiger partial charge in [0.1, 0.15) is 17.5 Å². The Morgan fingerprint density at radius 2 is 1.73 bits per heavy atom. The van der Waals surface area contributed by atoms with Gasteiger partial charge in [0.15, 0.2) is 5.78 Å². The van der Waals surface area contributed by atoms with Gasteiger partial charge in [-0.2, -0.15) is 4.68 Å². The topological polar surface area (TPSA) is 108 Å². The van der Waals surface area contributed by atoms with Crippen LogP contribution in [0.25, 0.3) is 0 Å². The number of carbonyl (C=O) groups is 2. The fourth-order valence-electron chi connectivity index (χ4n) is 3.34. The number of aromatic nitrogens is 4. The largest absolute Gasteiger partial charge is 0.497 e. The smallest absolute Gasteiger partial charge is 0.355 e. The first-order valence-corrected chi connectivity index (χ1v) is 9.16. The number of hydrogen-bond donors (Lipinski definition) is 1. The van der Waals surface area contributed by atoms with Crippen molar-refractivity contribution in [3.8, 4) is 5.75 Å². The normalized spacial score (nSPS) is 15.2. The zero-order chi connectivity index (χ0) is 21.3. The maximum absolute atomic E-state index is 13.6. The van der Waals surface area contributed by atoms with Crippen LogP contribution in [0.3, 0.4) is 0 Å². The second kappa shape index (κ2) is 7.78. The monoisotopic (exact) mass is 405 g/mol. The van der Waals surface area contributed by atoms with Gasteiger partial charge >= 0.3 is 5.97 Å². The van der Waals surface area contributed by atoms with E-state index >= 15 is 0 Å². The molecule has 0 bridgehead atoms. The summed E-state index contributed by atoms with van der Waals surface area (Å²) in [5.74, 6) is -0.170. The van der Waals surface area contributed by atoms with Gasteiger partial charge in [0.25, 0.3) is 0 Å². The van der Waals surface area contributed by atoms with E-state index in [9.17, 15) is 9.59 Å². The van der Waals surface area contributed by atoms with Crippen molar-refractivity contribution in [3.63, 3.8) is 0 Å². The molecule has 152 valence electrons. The third kappa shape index (κ3) is 3.30. The predicted octanol–water partition coefficient (Wildman–Crippen LogP) is 2.32. The van der Waals surface area contributed by atoms with Gasteiger partial charge in [0, 0.05) is 5.56 Å². The summed E-state index contributed by atoms with van der Waals surface area (Å²) in [6.45, 7) is 1.97. The zero-order valence-electron chi connectivity index (χ0n) is 16.6. The van der Waals surface area contributed by atoms with Crippen LogP contribution in [0.5, 0.6) is 5.75 Å². The van der Waals surface area contributed by atoms with Crippen LogP contribution in [-0.4, -0.2) is 46.2 Å². The van der Waals surface area contributed by atoms with E-state index < -0.39 is 12.0 Å². The number of ether oxygens (including phenoxy) is 2. The van der Waals surface area contributed by atoms with Crippen LogP contribution in [0.4, 0.5) is 5.95 Å². The third-order valence-corrected chi connectivity index (χ3v) is 4.90. The quantitative estimate of drug-likeness (QED) is 0.509. The number of fused-ring (bicyclic) bond motifs is 1. The molecule has 0 aliphatic carbocycles. The minimum absolute atomic E-state index is 0.00573. The number of rotatable bonds is 5. The molecule has 0 radical (unpaired) electrons. The van der Waals surface area contributed by atoms with E-state index in [0.29, 0.717) is 11.3 Å². The Kier molecular flexibility index (Phi) is 5.01. The molecule has 0 saturated carbocycles. The summed E-state index contributed by atoms with van der Waals surface area (Å²) >= 11 is 0. The van der Waals surface area contributed by atoms with Gasteiger partial charge in [-0.25, -0.2) is 4.79 Å². The third-order valence-electron chi connectivity index (χ3n) is 4.90. The van der Waals surface area contributed by atoms with Gasteiger partial charge in [-0.3, -0.25) is 4.79 Å². The number of carbonyl (C=O) groups excluding carboxylic acids is 2. The standard InChI is InChI=1S/C21H19N5O4/c1-12-4-6-13(7-5-12)18-16(19(27)14-8-10-15(29-2)11-9-14)17(20(28)30-3)22-21-23-24-25-26(18)21/h4-11,18H,1-3H3,(H,22,23,25)/t18-/m1/s1. The summed E-state index contributed by atoms with van der Waals surface area (Å²) in [7, 11) is 2.80. The Bertz CT molecular complexity index is 1130. The van der Waals surface area contributed by atoms with Crippen molar-refractivity contribution >= 4 is 17.7 Å². The lowest BCUT2D eigenvalue weighted by Crippen LogP contribution is -2.32. The number of nitrogens with one attached hydrogen (secondary N) is 1. The first kappa shape index (κ1) is 19.3. The number of Topliss-reactive ketones (excluding diaryl/α,β-unsaturated/α-hetero) is 1. The van der Waals surface area contributed by atoms with E-state index in [4.69, 9.17) is 9.47 Å². The number of tetrazole rings is 1. The molecule has 2 aromatic carbocycles. The summed E-state index contributed by atoms with van der Waals surface area (Å²) in [6, 6.07) is 13.6. The SMILES string of the molecule is COC(=O)C1=C(C(=O)c2ccc(OC)cc2)[C@@H](c2ccc(C)cc2)n2nnnc2N1. The van der Waals surface area contributed by atoms with E-state index in [2.05, 4.69) is 20.8 Å². The van der Waals surface area contributed by atoms with Crippen LogP contribution in [0.1, 0.15) is 27.5 Å². The summed E-state index contributed by atoms with van der Waals surface area (Å²) in [5, 5.41) is 14.5. The Balaban J connectivity index is 1.91. The van der Waals surface area contributed by atoms with Gasteiger partial charge in [-0.05, 0) is 47.2 Å². The van der Waals surface area contributed by atoms with Gasteiger partial charge in [0.05, 0.1) is 19.8 Å². The second-order valence-electron chi connectivity index (χ2n) is 6.72. The van der Waals surface area contributed by atoms with Gasteiger partial charge < -0.3 is 14.8 Å². The second-order valence-corrected chi connectivity index (χ2v) is 6.72. The number of esters is 1. The predicted molar refractivity (Wildman–Crippen MR) is 107 cm³/mol. The number of allylic oxidation sites excluding steroid dienone is 1. The van der Waals surface area contributed by atoms with Crippen LogP contribution in [0.15, 0.2) is 59.8 Å². The molecule has 1 N–H and O–H groups in total. The molecule has 0 spiro atoms. The molecule has 0 fully saturated rings. The molecule has 1 atom stereocenters. The highest BCUT2D eigenvalue weighted by molar-refractivity contribution is 6.14. The molecule has 3 aromatic rings. The van der Waals surface area contributed by atoms with E-state index in [-0.39, 0.29) is 23.0 Å². The van der Waals surface area contributed by atoms with Crippen molar-refractivity contribution in [1.29, 1.82) is 0 Å². The van der Waals surface area contributed by atoms with E-state index in [1.54, 1.807) is 31.4 Å². The molecule has 9 nitrogen and oxygen atoms in total. The maximum Gasteiger partial charge on any atom is 0.355 e. The molecule has 1 aromatic heterocycles. The molecule has 2 heterocycles. The van der Waals surface area contributed by atoms with Gasteiger partial charge in [0.2, 0.25) is 5.95 Å². The summed E-state index contributed by atoms with van der Waals surface area (Å²) in [4.78, 5) is 26.2.